The maximum absolute atomic E-state index is 7.57. The number of hydrogen-bond donors (Lipinski definition) is 2. The second-order valence-corrected chi connectivity index (χ2v) is 5.07. The average molecular weight is 338 g/mol. The van der Waals surface area contributed by atoms with E-state index in [1.807, 2.05) is 42.6 Å². The second-order valence-electron chi connectivity index (χ2n) is 5.07. The number of aromatic nitrogens is 5. The number of hydrogen-bond acceptors (Lipinski definition) is 7. The van der Waals surface area contributed by atoms with Crippen LogP contribution in [0, 0.1) is 0 Å². The molecule has 0 unspecified atom stereocenters. The Labute approximate surface area is 143 Å². The molecule has 8 nitrogen and oxygen atoms in total. The topological polar surface area (TPSA) is 115 Å². The highest BCUT2D eigenvalue weighted by Crippen LogP contribution is 2.24. The summed E-state index contributed by atoms with van der Waals surface area (Å²) in [5, 5.41) is 15.7. The zero-order valence-corrected chi connectivity index (χ0v) is 13.7. The Balaban J connectivity index is 0.000000569. The molecule has 0 bridgehead atoms. The molecule has 0 saturated carbocycles. The average Bonchev–Trinajstić information content (AvgIpc) is 3.29. The van der Waals surface area contributed by atoms with Gasteiger partial charge in [0.1, 0.15) is 0 Å². The third-order valence-electron chi connectivity index (χ3n) is 3.30. The summed E-state index contributed by atoms with van der Waals surface area (Å²) in [6.07, 6.45) is 3.61. The van der Waals surface area contributed by atoms with Crippen LogP contribution in [0.2, 0.25) is 0 Å². The monoisotopic (exact) mass is 338 g/mol. The molecule has 0 aliphatic carbocycles. The highest BCUT2D eigenvalue weighted by atomic mass is 16.5. The van der Waals surface area contributed by atoms with Gasteiger partial charge in [0, 0.05) is 23.9 Å². The Hall–Kier alpha value is -3.10. The van der Waals surface area contributed by atoms with E-state index in [0.717, 1.165) is 22.5 Å². The SMILES string of the molecule is CCO.NCc1nc(-c2cccc(-c3cn4ncccc4n3)c2)no1. The van der Waals surface area contributed by atoms with E-state index in [-0.39, 0.29) is 13.2 Å². The van der Waals surface area contributed by atoms with Crippen molar-refractivity contribution in [1.82, 2.24) is 24.7 Å². The van der Waals surface area contributed by atoms with Crippen molar-refractivity contribution in [2.75, 3.05) is 6.61 Å². The van der Waals surface area contributed by atoms with Gasteiger partial charge in [0.25, 0.3) is 0 Å². The predicted molar refractivity (Wildman–Crippen MR) is 92.4 cm³/mol. The summed E-state index contributed by atoms with van der Waals surface area (Å²) < 4.78 is 6.78. The maximum atomic E-state index is 7.57. The van der Waals surface area contributed by atoms with Crippen LogP contribution >= 0.6 is 0 Å². The van der Waals surface area contributed by atoms with Crippen molar-refractivity contribution in [3.63, 3.8) is 0 Å². The van der Waals surface area contributed by atoms with Gasteiger partial charge in [-0.3, -0.25) is 0 Å². The van der Waals surface area contributed by atoms with Crippen LogP contribution in [0.25, 0.3) is 28.3 Å². The van der Waals surface area contributed by atoms with Crippen molar-refractivity contribution in [2.45, 2.75) is 13.5 Å². The van der Waals surface area contributed by atoms with Crippen molar-refractivity contribution in [3.05, 3.63) is 54.7 Å². The fraction of sp³-hybridized carbons (Fsp3) is 0.176. The predicted octanol–water partition coefficient (Wildman–Crippen LogP) is 1.90. The van der Waals surface area contributed by atoms with E-state index in [4.69, 9.17) is 15.4 Å². The zero-order chi connectivity index (χ0) is 17.6. The molecule has 0 fully saturated rings. The lowest BCUT2D eigenvalue weighted by Gasteiger charge is -1.98. The van der Waals surface area contributed by atoms with E-state index in [1.165, 1.54) is 0 Å². The van der Waals surface area contributed by atoms with Crippen LogP contribution in [0.1, 0.15) is 12.8 Å². The second kappa shape index (κ2) is 7.65. The number of aliphatic hydroxyl groups is 1. The molecule has 25 heavy (non-hydrogen) atoms. The van der Waals surface area contributed by atoms with E-state index >= 15 is 0 Å². The summed E-state index contributed by atoms with van der Waals surface area (Å²) in [7, 11) is 0. The number of fused-ring (bicyclic) bond motifs is 1. The maximum Gasteiger partial charge on any atom is 0.240 e. The highest BCUT2D eigenvalue weighted by molar-refractivity contribution is 5.69. The van der Waals surface area contributed by atoms with Gasteiger partial charge in [-0.25, -0.2) is 9.50 Å². The first kappa shape index (κ1) is 16.7. The number of nitrogens with zero attached hydrogens (tertiary/aromatic N) is 5. The molecular weight excluding hydrogens is 320 g/mol. The molecule has 3 N–H and O–H groups in total. The summed E-state index contributed by atoms with van der Waals surface area (Å²) in [5.74, 6) is 0.932. The zero-order valence-electron chi connectivity index (χ0n) is 13.7. The minimum Gasteiger partial charge on any atom is -0.397 e. The third-order valence-corrected chi connectivity index (χ3v) is 3.30. The number of aliphatic hydroxyl groups excluding tert-OH is 1. The lowest BCUT2D eigenvalue weighted by atomic mass is 10.1. The largest absolute Gasteiger partial charge is 0.397 e. The van der Waals surface area contributed by atoms with E-state index in [9.17, 15) is 0 Å². The van der Waals surface area contributed by atoms with Gasteiger partial charge in [-0.05, 0) is 25.1 Å². The third kappa shape index (κ3) is 3.70. The molecule has 4 rings (SSSR count). The number of benzene rings is 1. The molecule has 0 aliphatic heterocycles. The molecule has 0 amide bonds. The summed E-state index contributed by atoms with van der Waals surface area (Å²) in [6.45, 7) is 2.16. The Bertz CT molecular complexity index is 929. The van der Waals surface area contributed by atoms with Crippen LogP contribution in [0.4, 0.5) is 0 Å². The Morgan fingerprint density at radius 3 is 2.68 bits per heavy atom. The lowest BCUT2D eigenvalue weighted by molar-refractivity contribution is 0.318. The van der Waals surface area contributed by atoms with Crippen LogP contribution < -0.4 is 5.73 Å². The Morgan fingerprint density at radius 1 is 1.16 bits per heavy atom. The normalized spacial score (nSPS) is 10.5. The van der Waals surface area contributed by atoms with Crippen LogP contribution in [-0.4, -0.2) is 36.5 Å². The molecule has 0 atom stereocenters. The molecular formula is C17H18N6O2. The van der Waals surface area contributed by atoms with Crippen LogP contribution in [-0.2, 0) is 6.54 Å². The van der Waals surface area contributed by atoms with Gasteiger partial charge in [-0.15, -0.1) is 0 Å². The van der Waals surface area contributed by atoms with Gasteiger partial charge in [0.2, 0.25) is 11.7 Å². The van der Waals surface area contributed by atoms with E-state index in [1.54, 1.807) is 17.6 Å². The molecule has 3 aromatic heterocycles. The molecule has 8 heteroatoms. The van der Waals surface area contributed by atoms with Crippen LogP contribution in [0.15, 0.2) is 53.3 Å². The fourth-order valence-electron chi connectivity index (χ4n) is 2.24. The van der Waals surface area contributed by atoms with Gasteiger partial charge in [0.15, 0.2) is 5.65 Å². The smallest absolute Gasteiger partial charge is 0.240 e. The molecule has 0 spiro atoms. The molecule has 0 saturated heterocycles. The van der Waals surface area contributed by atoms with Gasteiger partial charge in [0.05, 0.1) is 18.4 Å². The van der Waals surface area contributed by atoms with Crippen molar-refractivity contribution in [1.29, 1.82) is 0 Å². The van der Waals surface area contributed by atoms with Gasteiger partial charge in [-0.1, -0.05) is 23.4 Å². The summed E-state index contributed by atoms with van der Waals surface area (Å²) in [5.41, 5.74) is 8.94. The Morgan fingerprint density at radius 2 is 1.96 bits per heavy atom. The summed E-state index contributed by atoms with van der Waals surface area (Å²) in [6, 6.07) is 11.6. The van der Waals surface area contributed by atoms with Gasteiger partial charge in [-0.2, -0.15) is 10.1 Å². The first-order valence-corrected chi connectivity index (χ1v) is 7.80. The van der Waals surface area contributed by atoms with Crippen molar-refractivity contribution in [3.8, 4) is 22.6 Å². The standard InChI is InChI=1S/C15H12N6O.C2H6O/c16-8-14-19-15(20-22-14)11-4-1-3-10(7-11)12-9-21-13(18-12)5-2-6-17-21;1-2-3/h1-7,9H,8,16H2;3H,2H2,1H3. The summed E-state index contributed by atoms with van der Waals surface area (Å²) >= 11 is 0. The highest BCUT2D eigenvalue weighted by Gasteiger charge is 2.10. The lowest BCUT2D eigenvalue weighted by Crippen LogP contribution is -1.95. The van der Waals surface area contributed by atoms with Crippen LogP contribution in [0.5, 0.6) is 0 Å². The molecule has 1 aromatic carbocycles. The molecule has 4 aromatic rings. The Kier molecular flexibility index (Phi) is 5.12. The quantitative estimate of drug-likeness (QED) is 0.586. The summed E-state index contributed by atoms with van der Waals surface area (Å²) in [4.78, 5) is 8.79. The molecule has 128 valence electrons. The first-order valence-electron chi connectivity index (χ1n) is 7.80. The fourth-order valence-corrected chi connectivity index (χ4v) is 2.24. The number of imidazole rings is 1. The first-order chi connectivity index (χ1) is 12.2. The van der Waals surface area contributed by atoms with E-state index in [0.29, 0.717) is 11.7 Å². The van der Waals surface area contributed by atoms with Crippen molar-refractivity contribution >= 4 is 5.65 Å². The van der Waals surface area contributed by atoms with Gasteiger partial charge < -0.3 is 15.4 Å². The van der Waals surface area contributed by atoms with Crippen molar-refractivity contribution in [2.24, 2.45) is 5.73 Å². The van der Waals surface area contributed by atoms with E-state index in [2.05, 4.69) is 20.2 Å². The molecule has 3 heterocycles. The minimum atomic E-state index is 0.227. The minimum absolute atomic E-state index is 0.227. The molecule has 0 aliphatic rings. The van der Waals surface area contributed by atoms with E-state index < -0.39 is 0 Å². The van der Waals surface area contributed by atoms with Crippen LogP contribution in [0.3, 0.4) is 0 Å². The van der Waals surface area contributed by atoms with Crippen molar-refractivity contribution < 1.29 is 9.63 Å². The molecule has 0 radical (unpaired) electrons. The number of nitrogens with two attached hydrogens (primary N) is 1. The van der Waals surface area contributed by atoms with Gasteiger partial charge >= 0.3 is 0 Å². The number of rotatable bonds is 3.